The molecule has 0 saturated heterocycles. The third-order valence-corrected chi connectivity index (χ3v) is 2.67. The maximum absolute atomic E-state index is 10.5. The van der Waals surface area contributed by atoms with E-state index in [1.54, 1.807) is 0 Å². The van der Waals surface area contributed by atoms with Crippen molar-refractivity contribution in [1.29, 1.82) is 0 Å². The molecule has 2 aromatic rings. The molecule has 0 fully saturated rings. The highest BCUT2D eigenvalue weighted by Gasteiger charge is 2.24. The van der Waals surface area contributed by atoms with Crippen molar-refractivity contribution in [3.05, 3.63) is 81.9 Å². The molecule has 0 aliphatic carbocycles. The molecule has 4 heteroatoms. The molecule has 0 amide bonds. The molecule has 2 aromatic carbocycles. The highest BCUT2D eigenvalue weighted by atomic mass is 16.6. The molecule has 0 heterocycles. The minimum absolute atomic E-state index is 0.500. The van der Waals surface area contributed by atoms with Crippen LogP contribution < -0.4 is 0 Å². The van der Waals surface area contributed by atoms with Crippen LogP contribution in [0.2, 0.25) is 0 Å². The Hall–Kier alpha value is -2.20. The van der Waals surface area contributed by atoms with Crippen molar-refractivity contribution in [2.75, 3.05) is 7.05 Å². The summed E-state index contributed by atoms with van der Waals surface area (Å²) in [4.78, 5) is 8.31. The Labute approximate surface area is 140 Å². The van der Waals surface area contributed by atoms with Crippen LogP contribution in [0, 0.1) is 10.1 Å². The maximum atomic E-state index is 10.5. The second-order valence-electron chi connectivity index (χ2n) is 4.24. The second-order valence-corrected chi connectivity index (χ2v) is 4.24. The summed E-state index contributed by atoms with van der Waals surface area (Å²) in [5.74, 6) is 0. The molecule has 0 atom stereocenters. The third-order valence-electron chi connectivity index (χ3n) is 2.67. The lowest BCUT2D eigenvalue weighted by Crippen LogP contribution is -2.22. The van der Waals surface area contributed by atoms with Crippen LogP contribution in [0.15, 0.2) is 60.7 Å². The highest BCUT2D eigenvalue weighted by Crippen LogP contribution is 2.28. The molecule has 0 radical (unpaired) electrons. The Morgan fingerprint density at radius 2 is 1.04 bits per heavy atom. The normalized spacial score (nSPS) is 9.00. The van der Waals surface area contributed by atoms with E-state index in [-0.39, 0.29) is 0 Å². The SMILES string of the molecule is CC.CC.CC(O)(c1ccccc1)c1ccccc1.C[N+](=O)[O-]. The quantitative estimate of drug-likeness (QED) is 0.633. The Bertz CT molecular complexity index is 465. The highest BCUT2D eigenvalue weighted by molar-refractivity contribution is 5.34. The van der Waals surface area contributed by atoms with Crippen LogP contribution in [0.1, 0.15) is 45.7 Å². The van der Waals surface area contributed by atoms with Crippen molar-refractivity contribution in [1.82, 2.24) is 0 Å². The van der Waals surface area contributed by atoms with Gasteiger partial charge in [-0.25, -0.2) is 0 Å². The molecule has 0 aliphatic rings. The zero-order chi connectivity index (χ0) is 18.3. The number of rotatable bonds is 2. The number of aliphatic hydroxyl groups is 1. The average Bonchev–Trinajstić information content (AvgIpc) is 2.59. The van der Waals surface area contributed by atoms with Gasteiger partial charge in [-0.3, -0.25) is 10.1 Å². The first kappa shape index (κ1) is 23.1. The summed E-state index contributed by atoms with van der Waals surface area (Å²) in [6.07, 6.45) is 0. The lowest BCUT2D eigenvalue weighted by Gasteiger charge is -2.24. The molecule has 23 heavy (non-hydrogen) atoms. The van der Waals surface area contributed by atoms with Crippen molar-refractivity contribution >= 4 is 0 Å². The Morgan fingerprint density at radius 1 is 0.826 bits per heavy atom. The van der Waals surface area contributed by atoms with Crippen LogP contribution >= 0.6 is 0 Å². The number of nitrogens with zero attached hydrogens (tertiary/aromatic N) is 1. The Balaban J connectivity index is 0. The van der Waals surface area contributed by atoms with Crippen molar-refractivity contribution < 1.29 is 10.0 Å². The molecular formula is C19H29NO3. The van der Waals surface area contributed by atoms with Gasteiger partial charge < -0.3 is 5.11 Å². The van der Waals surface area contributed by atoms with E-state index in [0.29, 0.717) is 0 Å². The summed E-state index contributed by atoms with van der Waals surface area (Å²) in [5, 5.41) is 19.3. The van der Waals surface area contributed by atoms with Crippen molar-refractivity contribution in [3.63, 3.8) is 0 Å². The topological polar surface area (TPSA) is 63.4 Å². The van der Waals surface area contributed by atoms with E-state index in [0.717, 1.165) is 18.2 Å². The average molecular weight is 319 g/mol. The summed E-state index contributed by atoms with van der Waals surface area (Å²) in [7, 11) is 0.889. The number of benzene rings is 2. The van der Waals surface area contributed by atoms with E-state index >= 15 is 0 Å². The molecule has 0 spiro atoms. The van der Waals surface area contributed by atoms with Crippen LogP contribution in [-0.4, -0.2) is 17.1 Å². The molecule has 4 nitrogen and oxygen atoms in total. The van der Waals surface area contributed by atoms with Gasteiger partial charge in [0, 0.05) is 4.92 Å². The summed E-state index contributed by atoms with van der Waals surface area (Å²) in [6, 6.07) is 19.4. The number of hydrogen-bond acceptors (Lipinski definition) is 3. The fraction of sp³-hybridized carbons (Fsp3) is 0.368. The van der Waals surface area contributed by atoms with Gasteiger partial charge in [0.2, 0.25) is 0 Å². The first-order valence-corrected chi connectivity index (χ1v) is 7.86. The minimum Gasteiger partial charge on any atom is -0.381 e. The van der Waals surface area contributed by atoms with E-state index in [2.05, 4.69) is 0 Å². The minimum atomic E-state index is -0.914. The van der Waals surface area contributed by atoms with Crippen molar-refractivity contribution in [3.8, 4) is 0 Å². The predicted octanol–water partition coefficient (Wildman–Crippen LogP) is 4.89. The number of nitro groups is 1. The summed E-state index contributed by atoms with van der Waals surface area (Å²) >= 11 is 0. The molecule has 128 valence electrons. The molecule has 0 saturated carbocycles. The molecule has 2 rings (SSSR count). The second kappa shape index (κ2) is 13.5. The first-order chi connectivity index (χ1) is 10.9. The van der Waals surface area contributed by atoms with Gasteiger partial charge in [0.15, 0.2) is 7.05 Å². The first-order valence-electron chi connectivity index (χ1n) is 7.86. The molecular weight excluding hydrogens is 290 g/mol. The predicted molar refractivity (Wildman–Crippen MR) is 97.2 cm³/mol. The van der Waals surface area contributed by atoms with Crippen molar-refractivity contribution in [2.45, 2.75) is 40.2 Å². The Kier molecular flexibility index (Phi) is 13.5. The largest absolute Gasteiger partial charge is 0.381 e. The molecule has 0 aromatic heterocycles. The fourth-order valence-electron chi connectivity index (χ4n) is 1.69. The lowest BCUT2D eigenvalue weighted by atomic mass is 9.88. The van der Waals surface area contributed by atoms with Crippen LogP contribution in [0.25, 0.3) is 0 Å². The van der Waals surface area contributed by atoms with Crippen LogP contribution in [-0.2, 0) is 5.60 Å². The van der Waals surface area contributed by atoms with Gasteiger partial charge in [-0.05, 0) is 18.1 Å². The zero-order valence-corrected chi connectivity index (χ0v) is 15.0. The van der Waals surface area contributed by atoms with Gasteiger partial charge in [-0.2, -0.15) is 0 Å². The van der Waals surface area contributed by atoms with Gasteiger partial charge in [-0.1, -0.05) is 88.4 Å². The van der Waals surface area contributed by atoms with Gasteiger partial charge >= 0.3 is 0 Å². The monoisotopic (exact) mass is 319 g/mol. The van der Waals surface area contributed by atoms with Gasteiger partial charge in [0.25, 0.3) is 0 Å². The molecule has 0 bridgehead atoms. The van der Waals surface area contributed by atoms with E-state index in [1.807, 2.05) is 95.3 Å². The van der Waals surface area contributed by atoms with Crippen LogP contribution in [0.3, 0.4) is 0 Å². The third kappa shape index (κ3) is 9.42. The van der Waals surface area contributed by atoms with E-state index < -0.39 is 10.5 Å². The molecule has 0 aliphatic heterocycles. The van der Waals surface area contributed by atoms with Gasteiger partial charge in [0.1, 0.15) is 5.60 Å². The summed E-state index contributed by atoms with van der Waals surface area (Å²) in [6.45, 7) is 9.82. The number of hydrogen-bond donors (Lipinski definition) is 1. The fourth-order valence-corrected chi connectivity index (χ4v) is 1.69. The van der Waals surface area contributed by atoms with E-state index in [9.17, 15) is 5.11 Å². The van der Waals surface area contributed by atoms with Gasteiger partial charge in [-0.15, -0.1) is 0 Å². The zero-order valence-electron chi connectivity index (χ0n) is 15.0. The van der Waals surface area contributed by atoms with E-state index in [4.69, 9.17) is 10.1 Å². The van der Waals surface area contributed by atoms with Crippen LogP contribution in [0.5, 0.6) is 0 Å². The smallest absolute Gasteiger partial charge is 0.194 e. The van der Waals surface area contributed by atoms with Crippen LogP contribution in [0.4, 0.5) is 0 Å². The Morgan fingerprint density at radius 3 is 1.26 bits per heavy atom. The van der Waals surface area contributed by atoms with E-state index in [1.165, 1.54) is 0 Å². The molecule has 1 N–H and O–H groups in total. The lowest BCUT2D eigenvalue weighted by molar-refractivity contribution is -0.445. The summed E-state index contributed by atoms with van der Waals surface area (Å²) in [5.41, 5.74) is 0.912. The van der Waals surface area contributed by atoms with Gasteiger partial charge in [0.05, 0.1) is 0 Å². The standard InChI is InChI=1S/C14H14O.2C2H6.CH3NO2/c1-14(15,12-8-4-2-5-9-12)13-10-6-3-7-11-13;2*1-2;1-2(3)4/h2-11,15H,1H3;2*1-2H3;1H3. The molecule has 0 unspecified atom stereocenters. The van der Waals surface area contributed by atoms with Crippen molar-refractivity contribution in [2.24, 2.45) is 0 Å². The summed E-state index contributed by atoms with van der Waals surface area (Å²) < 4.78 is 0. The maximum Gasteiger partial charge on any atom is 0.194 e.